The Hall–Kier alpha value is -3.45. The van der Waals surface area contributed by atoms with E-state index in [2.05, 4.69) is 4.98 Å². The van der Waals surface area contributed by atoms with Gasteiger partial charge in [0.2, 0.25) is 11.8 Å². The average Bonchev–Trinajstić information content (AvgIpc) is 3.21. The van der Waals surface area contributed by atoms with Crippen molar-refractivity contribution in [3.8, 4) is 5.75 Å². The predicted octanol–water partition coefficient (Wildman–Crippen LogP) is 4.40. The summed E-state index contributed by atoms with van der Waals surface area (Å²) in [5.41, 5.74) is 5.47. The lowest BCUT2D eigenvalue weighted by molar-refractivity contribution is -0.138. The van der Waals surface area contributed by atoms with Gasteiger partial charge in [-0.3, -0.25) is 19.8 Å². The van der Waals surface area contributed by atoms with Crippen LogP contribution in [-0.2, 0) is 16.2 Å². The topological polar surface area (TPSA) is 91.8 Å². The van der Waals surface area contributed by atoms with Gasteiger partial charge in [0.15, 0.2) is 0 Å². The zero-order valence-electron chi connectivity index (χ0n) is 19.0. The molecule has 2 atom stereocenters. The van der Waals surface area contributed by atoms with Crippen LogP contribution in [0, 0.1) is 18.8 Å². The van der Waals surface area contributed by atoms with E-state index in [1.54, 1.807) is 10.4 Å². The highest BCUT2D eigenvalue weighted by Gasteiger charge is 2.40. The Labute approximate surface area is 193 Å². The van der Waals surface area contributed by atoms with Crippen molar-refractivity contribution in [1.82, 2.24) is 10.5 Å². The number of carbonyl (C=O) groups excluding carboxylic acids is 2. The number of nitrogens with one attached hydrogen (secondary N) is 1. The van der Waals surface area contributed by atoms with Crippen LogP contribution in [0.3, 0.4) is 0 Å². The number of aryl methyl sites for hydroxylation is 1. The van der Waals surface area contributed by atoms with Gasteiger partial charge in [-0.05, 0) is 56.2 Å². The van der Waals surface area contributed by atoms with Gasteiger partial charge in [0.1, 0.15) is 12.4 Å². The minimum absolute atomic E-state index is 0.0792. The van der Waals surface area contributed by atoms with Gasteiger partial charge in [0, 0.05) is 28.9 Å². The molecule has 0 spiro atoms. The molecular formula is C26H29N3O4. The van der Waals surface area contributed by atoms with E-state index in [-0.39, 0.29) is 5.91 Å². The Kier molecular flexibility index (Phi) is 6.89. The minimum atomic E-state index is -0.515. The zero-order chi connectivity index (χ0) is 23.4. The molecule has 0 saturated carbocycles. The molecular weight excluding hydrogens is 418 g/mol. The second-order valence-corrected chi connectivity index (χ2v) is 8.48. The van der Waals surface area contributed by atoms with E-state index in [0.717, 1.165) is 34.3 Å². The molecule has 2 amide bonds. The highest BCUT2D eigenvalue weighted by atomic mass is 16.5. The van der Waals surface area contributed by atoms with Gasteiger partial charge in [0.25, 0.3) is 0 Å². The van der Waals surface area contributed by atoms with E-state index in [1.807, 2.05) is 68.4 Å². The molecule has 1 saturated heterocycles. The molecule has 33 heavy (non-hydrogen) atoms. The number of carbonyl (C=O) groups is 2. The Bertz CT molecular complexity index is 1150. The van der Waals surface area contributed by atoms with Crippen LogP contribution in [0.2, 0.25) is 0 Å². The number of hydrogen-bond donors (Lipinski definition) is 2. The number of rotatable bonds is 8. The molecule has 2 heterocycles. The van der Waals surface area contributed by atoms with Gasteiger partial charge in [-0.1, -0.05) is 31.5 Å². The van der Waals surface area contributed by atoms with Crippen LogP contribution in [0.4, 0.5) is 5.69 Å². The van der Waals surface area contributed by atoms with Crippen molar-refractivity contribution in [3.05, 3.63) is 65.9 Å². The number of nitrogens with zero attached hydrogens (tertiary/aromatic N) is 2. The maximum atomic E-state index is 13.0. The fraction of sp³-hybridized carbons (Fsp3) is 0.346. The van der Waals surface area contributed by atoms with Crippen LogP contribution in [0.5, 0.6) is 5.75 Å². The van der Waals surface area contributed by atoms with E-state index in [1.165, 1.54) is 0 Å². The maximum absolute atomic E-state index is 13.0. The number of fused-ring (bicyclic) bond motifs is 1. The molecule has 4 rings (SSSR count). The second-order valence-electron chi connectivity index (χ2n) is 8.48. The Morgan fingerprint density at radius 1 is 1.24 bits per heavy atom. The lowest BCUT2D eigenvalue weighted by Crippen LogP contribution is -2.37. The van der Waals surface area contributed by atoms with Crippen LogP contribution in [-0.4, -0.2) is 28.6 Å². The van der Waals surface area contributed by atoms with Gasteiger partial charge in [0.05, 0.1) is 17.4 Å². The number of pyridine rings is 1. The van der Waals surface area contributed by atoms with Gasteiger partial charge in [-0.25, -0.2) is 5.48 Å². The third-order valence-corrected chi connectivity index (χ3v) is 6.25. The van der Waals surface area contributed by atoms with Crippen LogP contribution < -0.4 is 15.1 Å². The van der Waals surface area contributed by atoms with E-state index in [0.29, 0.717) is 31.7 Å². The molecule has 1 aromatic heterocycles. The Morgan fingerprint density at radius 3 is 2.73 bits per heavy atom. The molecule has 7 nitrogen and oxygen atoms in total. The van der Waals surface area contributed by atoms with Crippen LogP contribution in [0.25, 0.3) is 10.9 Å². The summed E-state index contributed by atoms with van der Waals surface area (Å²) in [6, 6.07) is 17.5. The molecule has 1 fully saturated rings. The molecule has 0 aliphatic carbocycles. The fourth-order valence-electron chi connectivity index (χ4n) is 4.64. The van der Waals surface area contributed by atoms with Crippen LogP contribution >= 0.6 is 0 Å². The molecule has 0 radical (unpaired) electrons. The zero-order valence-corrected chi connectivity index (χ0v) is 19.0. The fourth-order valence-corrected chi connectivity index (χ4v) is 4.64. The number of hydrogen-bond acceptors (Lipinski definition) is 5. The van der Waals surface area contributed by atoms with Crippen LogP contribution in [0.1, 0.15) is 37.4 Å². The smallest absolute Gasteiger partial charge is 0.247 e. The molecule has 1 aliphatic heterocycles. The van der Waals surface area contributed by atoms with Crippen molar-refractivity contribution in [2.75, 3.05) is 11.4 Å². The largest absolute Gasteiger partial charge is 0.489 e. The standard InChI is InChI=1S/C26H29N3O4/c1-3-6-22(25(30)28-32)23-13-14-29(26(23)31)19-9-11-20(12-10-19)33-16-18-15-17(2)27-24-8-5-4-7-21(18)24/h4-5,7-12,15,22-23,32H,3,6,13-14,16H2,1-2H3,(H,28,30)/t22-,23-/m1/s1. The predicted molar refractivity (Wildman–Crippen MR) is 126 cm³/mol. The number of aromatic nitrogens is 1. The summed E-state index contributed by atoms with van der Waals surface area (Å²) in [5, 5.41) is 10.1. The molecule has 2 N–H and O–H groups in total. The van der Waals surface area contributed by atoms with Crippen LogP contribution in [0.15, 0.2) is 54.6 Å². The summed E-state index contributed by atoms with van der Waals surface area (Å²) in [7, 11) is 0. The maximum Gasteiger partial charge on any atom is 0.247 e. The first kappa shape index (κ1) is 22.7. The molecule has 0 bridgehead atoms. The Morgan fingerprint density at radius 2 is 2.00 bits per heavy atom. The normalized spacial score (nSPS) is 16.8. The van der Waals surface area contributed by atoms with Crippen molar-refractivity contribution in [1.29, 1.82) is 0 Å². The summed E-state index contributed by atoms with van der Waals surface area (Å²) in [6.45, 7) is 4.90. The summed E-state index contributed by atoms with van der Waals surface area (Å²) >= 11 is 0. The summed E-state index contributed by atoms with van der Waals surface area (Å²) in [4.78, 5) is 31.4. The van der Waals surface area contributed by atoms with E-state index in [9.17, 15) is 9.59 Å². The molecule has 0 unspecified atom stereocenters. The van der Waals surface area contributed by atoms with Gasteiger partial charge in [-0.2, -0.15) is 0 Å². The first-order valence-corrected chi connectivity index (χ1v) is 11.3. The van der Waals surface area contributed by atoms with E-state index in [4.69, 9.17) is 9.94 Å². The van der Waals surface area contributed by atoms with Gasteiger partial charge < -0.3 is 9.64 Å². The number of para-hydroxylation sites is 1. The summed E-state index contributed by atoms with van der Waals surface area (Å²) in [6.07, 6.45) is 1.91. The van der Waals surface area contributed by atoms with Gasteiger partial charge >= 0.3 is 0 Å². The second kappa shape index (κ2) is 10.0. The first-order chi connectivity index (χ1) is 16.0. The lowest BCUT2D eigenvalue weighted by atomic mass is 9.86. The van der Waals surface area contributed by atoms with Crippen molar-refractivity contribution in [3.63, 3.8) is 0 Å². The van der Waals surface area contributed by atoms with Gasteiger partial charge in [-0.15, -0.1) is 0 Å². The number of ether oxygens (including phenoxy) is 1. The quantitative estimate of drug-likeness (QED) is 0.395. The summed E-state index contributed by atoms with van der Waals surface area (Å²) in [5.74, 6) is -0.789. The summed E-state index contributed by atoms with van der Waals surface area (Å²) < 4.78 is 6.03. The minimum Gasteiger partial charge on any atom is -0.489 e. The molecule has 1 aliphatic rings. The number of benzene rings is 2. The third-order valence-electron chi connectivity index (χ3n) is 6.25. The highest BCUT2D eigenvalue weighted by molar-refractivity contribution is 5.99. The molecule has 2 aromatic carbocycles. The number of hydroxylamine groups is 1. The SMILES string of the molecule is CCC[C@@H](C(=O)NO)[C@H]1CCN(c2ccc(OCc3cc(C)nc4ccccc34)cc2)C1=O. The monoisotopic (exact) mass is 447 g/mol. The highest BCUT2D eigenvalue weighted by Crippen LogP contribution is 2.33. The van der Waals surface area contributed by atoms with Crippen molar-refractivity contribution < 1.29 is 19.5 Å². The van der Waals surface area contributed by atoms with Crippen molar-refractivity contribution in [2.24, 2.45) is 11.8 Å². The Balaban J connectivity index is 1.44. The lowest BCUT2D eigenvalue weighted by Gasteiger charge is -2.21. The number of anilines is 1. The molecule has 7 heteroatoms. The number of amides is 2. The third kappa shape index (κ3) is 4.83. The first-order valence-electron chi connectivity index (χ1n) is 11.3. The van der Waals surface area contributed by atoms with E-state index < -0.39 is 17.7 Å². The van der Waals surface area contributed by atoms with E-state index >= 15 is 0 Å². The molecule has 172 valence electrons. The van der Waals surface area contributed by atoms with Crippen molar-refractivity contribution >= 4 is 28.4 Å². The molecule has 3 aromatic rings. The van der Waals surface area contributed by atoms with Crippen molar-refractivity contribution in [2.45, 2.75) is 39.7 Å². The average molecular weight is 448 g/mol.